The molecule has 1 fully saturated rings. The van der Waals surface area contributed by atoms with Gasteiger partial charge in [0.25, 0.3) is 0 Å². The summed E-state index contributed by atoms with van der Waals surface area (Å²) in [4.78, 5) is 23.7. The van der Waals surface area contributed by atoms with Crippen LogP contribution in [0.5, 0.6) is 0 Å². The predicted octanol–water partition coefficient (Wildman–Crippen LogP) is 2.06. The van der Waals surface area contributed by atoms with Crippen LogP contribution in [0.3, 0.4) is 0 Å². The highest BCUT2D eigenvalue weighted by Gasteiger charge is 2.51. The van der Waals surface area contributed by atoms with Crippen LogP contribution in [-0.2, 0) is 9.59 Å². The van der Waals surface area contributed by atoms with Crippen LogP contribution in [0.4, 0.5) is 0 Å². The van der Waals surface area contributed by atoms with Gasteiger partial charge in [-0.25, -0.2) is 0 Å². The summed E-state index contributed by atoms with van der Waals surface area (Å²) >= 11 is 0. The third-order valence-electron chi connectivity index (χ3n) is 4.26. The maximum absolute atomic E-state index is 12.3. The molecule has 0 aliphatic heterocycles. The number of aliphatic carboxylic acids is 1. The second kappa shape index (κ2) is 5.35. The maximum atomic E-state index is 12.3. The lowest BCUT2D eigenvalue weighted by Crippen LogP contribution is -2.43. The number of hydrogen-bond acceptors (Lipinski definition) is 2. The molecule has 1 saturated carbocycles. The van der Waals surface area contributed by atoms with Crippen molar-refractivity contribution in [3.05, 3.63) is 12.2 Å². The largest absolute Gasteiger partial charge is 0.481 e. The Balaban J connectivity index is 2.02. The van der Waals surface area contributed by atoms with Gasteiger partial charge < -0.3 is 10.4 Å². The van der Waals surface area contributed by atoms with E-state index >= 15 is 0 Å². The first-order chi connectivity index (χ1) is 8.90. The summed E-state index contributed by atoms with van der Waals surface area (Å²) in [5, 5.41) is 12.3. The Morgan fingerprint density at radius 2 is 1.79 bits per heavy atom. The minimum atomic E-state index is -0.839. The van der Waals surface area contributed by atoms with Gasteiger partial charge in [0.1, 0.15) is 0 Å². The number of hydrogen-bond donors (Lipinski definition) is 2. The normalized spacial score (nSPS) is 33.7. The Bertz CT molecular complexity index is 402. The summed E-state index contributed by atoms with van der Waals surface area (Å²) in [7, 11) is 0. The molecule has 0 heterocycles. The van der Waals surface area contributed by atoms with Crippen molar-refractivity contribution < 1.29 is 14.7 Å². The number of nitrogens with one attached hydrogen (secondary N) is 1. The number of allylic oxidation sites excluding steroid dienone is 2. The molecule has 3 unspecified atom stereocenters. The van der Waals surface area contributed by atoms with E-state index < -0.39 is 11.9 Å². The van der Waals surface area contributed by atoms with Crippen LogP contribution in [0.15, 0.2) is 12.2 Å². The molecule has 106 valence electrons. The molecular weight excluding hydrogens is 242 g/mol. The summed E-state index contributed by atoms with van der Waals surface area (Å²) in [6.07, 6.45) is 5.71. The van der Waals surface area contributed by atoms with Gasteiger partial charge in [-0.1, -0.05) is 26.0 Å². The Morgan fingerprint density at radius 3 is 2.32 bits per heavy atom. The van der Waals surface area contributed by atoms with Crippen molar-refractivity contribution in [2.24, 2.45) is 29.6 Å². The molecule has 1 amide bonds. The van der Waals surface area contributed by atoms with E-state index in [1.807, 2.05) is 19.1 Å². The zero-order valence-electron chi connectivity index (χ0n) is 11.8. The maximum Gasteiger partial charge on any atom is 0.307 e. The molecule has 2 aliphatic carbocycles. The standard InChI is InChI=1S/C15H23NO3/c1-8(2)6-9(3)16-14(17)12-10-4-5-11(7-10)13(12)15(18)19/h4-5,8-13H,6-7H2,1-3H3,(H,16,17)(H,18,19)/t9?,10?,11?,12-,13+/m0/s1. The van der Waals surface area contributed by atoms with Gasteiger partial charge >= 0.3 is 5.97 Å². The van der Waals surface area contributed by atoms with Crippen molar-refractivity contribution in [2.75, 3.05) is 0 Å². The van der Waals surface area contributed by atoms with Crippen molar-refractivity contribution in [3.8, 4) is 0 Å². The van der Waals surface area contributed by atoms with Crippen LogP contribution < -0.4 is 5.32 Å². The molecule has 0 aromatic rings. The number of carboxylic acid groups (broad SMARTS) is 1. The summed E-state index contributed by atoms with van der Waals surface area (Å²) in [6.45, 7) is 6.21. The van der Waals surface area contributed by atoms with E-state index in [0.29, 0.717) is 5.92 Å². The highest BCUT2D eigenvalue weighted by Crippen LogP contribution is 2.48. The molecule has 2 rings (SSSR count). The van der Waals surface area contributed by atoms with Gasteiger partial charge in [0, 0.05) is 6.04 Å². The monoisotopic (exact) mass is 265 g/mol. The molecule has 0 radical (unpaired) electrons. The molecule has 2 N–H and O–H groups in total. The lowest BCUT2D eigenvalue weighted by Gasteiger charge is -2.26. The van der Waals surface area contributed by atoms with Crippen molar-refractivity contribution in [1.29, 1.82) is 0 Å². The van der Waals surface area contributed by atoms with Crippen LogP contribution in [0, 0.1) is 29.6 Å². The first-order valence-corrected chi connectivity index (χ1v) is 7.11. The van der Waals surface area contributed by atoms with Gasteiger partial charge in [-0.05, 0) is 37.5 Å². The van der Waals surface area contributed by atoms with Crippen LogP contribution in [0.25, 0.3) is 0 Å². The molecule has 2 bridgehead atoms. The van der Waals surface area contributed by atoms with Gasteiger partial charge in [-0.2, -0.15) is 0 Å². The van der Waals surface area contributed by atoms with Gasteiger partial charge in [0.05, 0.1) is 11.8 Å². The number of fused-ring (bicyclic) bond motifs is 2. The molecule has 4 nitrogen and oxygen atoms in total. The first-order valence-electron chi connectivity index (χ1n) is 7.11. The molecule has 0 aromatic carbocycles. The van der Waals surface area contributed by atoms with Gasteiger partial charge in [-0.3, -0.25) is 9.59 Å². The lowest BCUT2D eigenvalue weighted by atomic mass is 9.82. The van der Waals surface area contributed by atoms with Crippen molar-refractivity contribution >= 4 is 11.9 Å². The minimum absolute atomic E-state index is 0.0404. The second-order valence-electron chi connectivity index (χ2n) is 6.38. The van der Waals surface area contributed by atoms with E-state index in [2.05, 4.69) is 19.2 Å². The highest BCUT2D eigenvalue weighted by molar-refractivity contribution is 5.87. The Hall–Kier alpha value is -1.32. The molecular formula is C15H23NO3. The summed E-state index contributed by atoms with van der Waals surface area (Å²) in [5.41, 5.74) is 0. The summed E-state index contributed by atoms with van der Waals surface area (Å²) in [5.74, 6) is -1.18. The molecule has 0 spiro atoms. The fourth-order valence-electron chi connectivity index (χ4n) is 3.62. The van der Waals surface area contributed by atoms with Crippen LogP contribution in [0.1, 0.15) is 33.6 Å². The molecule has 0 saturated heterocycles. The van der Waals surface area contributed by atoms with Gasteiger partial charge in [0.15, 0.2) is 0 Å². The predicted molar refractivity (Wildman–Crippen MR) is 72.4 cm³/mol. The Kier molecular flexibility index (Phi) is 3.97. The minimum Gasteiger partial charge on any atom is -0.481 e. The van der Waals surface area contributed by atoms with E-state index in [4.69, 9.17) is 0 Å². The summed E-state index contributed by atoms with van der Waals surface area (Å²) in [6, 6.07) is 0.102. The molecule has 4 heteroatoms. The third kappa shape index (κ3) is 2.82. The Morgan fingerprint density at radius 1 is 1.21 bits per heavy atom. The number of amides is 1. The van der Waals surface area contributed by atoms with E-state index in [1.54, 1.807) is 0 Å². The van der Waals surface area contributed by atoms with Crippen molar-refractivity contribution in [2.45, 2.75) is 39.7 Å². The fraction of sp³-hybridized carbons (Fsp3) is 0.733. The highest BCUT2D eigenvalue weighted by atomic mass is 16.4. The molecule has 0 aromatic heterocycles. The van der Waals surface area contributed by atoms with Gasteiger partial charge in [-0.15, -0.1) is 0 Å². The van der Waals surface area contributed by atoms with E-state index in [0.717, 1.165) is 12.8 Å². The molecule has 5 atom stereocenters. The van der Waals surface area contributed by atoms with Crippen LogP contribution in [-0.4, -0.2) is 23.0 Å². The average Bonchev–Trinajstić information content (AvgIpc) is 2.86. The SMILES string of the molecule is CC(C)CC(C)NC(=O)[C@H]1C2C=CC(C2)[C@H]1C(=O)O. The quantitative estimate of drug-likeness (QED) is 0.748. The third-order valence-corrected chi connectivity index (χ3v) is 4.26. The van der Waals surface area contributed by atoms with E-state index in [1.165, 1.54) is 0 Å². The van der Waals surface area contributed by atoms with Crippen LogP contribution >= 0.6 is 0 Å². The zero-order chi connectivity index (χ0) is 14.2. The lowest BCUT2D eigenvalue weighted by molar-refractivity contribution is -0.148. The van der Waals surface area contributed by atoms with Crippen molar-refractivity contribution in [3.63, 3.8) is 0 Å². The molecule has 2 aliphatic rings. The number of carbonyl (C=O) groups excluding carboxylic acids is 1. The number of carboxylic acids is 1. The number of carbonyl (C=O) groups is 2. The zero-order valence-corrected chi connectivity index (χ0v) is 11.8. The Labute approximate surface area is 114 Å². The number of rotatable bonds is 5. The topological polar surface area (TPSA) is 66.4 Å². The smallest absolute Gasteiger partial charge is 0.307 e. The fourth-order valence-corrected chi connectivity index (χ4v) is 3.62. The molecule has 19 heavy (non-hydrogen) atoms. The summed E-state index contributed by atoms with van der Waals surface area (Å²) < 4.78 is 0. The van der Waals surface area contributed by atoms with E-state index in [-0.39, 0.29) is 29.7 Å². The second-order valence-corrected chi connectivity index (χ2v) is 6.38. The van der Waals surface area contributed by atoms with Crippen LogP contribution in [0.2, 0.25) is 0 Å². The first kappa shape index (κ1) is 14.1. The van der Waals surface area contributed by atoms with Crippen molar-refractivity contribution in [1.82, 2.24) is 5.32 Å². The average molecular weight is 265 g/mol. The van der Waals surface area contributed by atoms with E-state index in [9.17, 15) is 14.7 Å². The van der Waals surface area contributed by atoms with Gasteiger partial charge in [0.2, 0.25) is 5.91 Å².